The Labute approximate surface area is 156 Å². The Kier molecular flexibility index (Phi) is 3.74. The average Bonchev–Trinajstić information content (AvgIpc) is 3.42. The van der Waals surface area contributed by atoms with E-state index in [1.165, 1.54) is 0 Å². The lowest BCUT2D eigenvalue weighted by Gasteiger charge is -2.24. The second kappa shape index (κ2) is 6.39. The molecule has 1 fully saturated rings. The van der Waals surface area contributed by atoms with Crippen LogP contribution < -0.4 is 10.2 Å². The normalized spacial score (nSPS) is 16.9. The van der Waals surface area contributed by atoms with Gasteiger partial charge in [-0.15, -0.1) is 5.10 Å². The van der Waals surface area contributed by atoms with Crippen molar-refractivity contribution in [1.82, 2.24) is 29.8 Å². The molecule has 1 saturated heterocycles. The maximum Gasteiger partial charge on any atom is 0.246 e. The Hall–Kier alpha value is -3.42. The number of aromatic amines is 1. The highest BCUT2D eigenvalue weighted by atomic mass is 15.4. The van der Waals surface area contributed by atoms with Crippen molar-refractivity contribution < 1.29 is 0 Å². The summed E-state index contributed by atoms with van der Waals surface area (Å²) in [6, 6.07) is 12.2. The Morgan fingerprint density at radius 3 is 3.00 bits per heavy atom. The molecule has 0 saturated carbocycles. The number of hydrogen-bond donors (Lipinski definition) is 2. The van der Waals surface area contributed by atoms with E-state index in [0.29, 0.717) is 5.95 Å². The lowest BCUT2D eigenvalue weighted by atomic mass is 10.1. The molecule has 27 heavy (non-hydrogen) atoms. The molecule has 1 aliphatic heterocycles. The van der Waals surface area contributed by atoms with Crippen LogP contribution in [-0.2, 0) is 0 Å². The van der Waals surface area contributed by atoms with E-state index in [4.69, 9.17) is 10.1 Å². The molecule has 0 amide bonds. The fourth-order valence-corrected chi connectivity index (χ4v) is 3.63. The zero-order valence-corrected chi connectivity index (χ0v) is 15.0. The van der Waals surface area contributed by atoms with E-state index in [2.05, 4.69) is 31.5 Å². The first kappa shape index (κ1) is 15.8. The van der Waals surface area contributed by atoms with Gasteiger partial charge in [-0.2, -0.15) is 10.1 Å². The van der Waals surface area contributed by atoms with Crippen molar-refractivity contribution in [3.8, 4) is 0 Å². The van der Waals surface area contributed by atoms with Gasteiger partial charge >= 0.3 is 0 Å². The van der Waals surface area contributed by atoms with Crippen molar-refractivity contribution in [1.29, 1.82) is 0 Å². The molecule has 8 nitrogen and oxygen atoms in total. The molecule has 8 heteroatoms. The molecule has 5 heterocycles. The summed E-state index contributed by atoms with van der Waals surface area (Å²) in [5.74, 6) is 2.17. The van der Waals surface area contributed by atoms with Gasteiger partial charge < -0.3 is 10.2 Å². The number of rotatable bonds is 4. The number of anilines is 3. The van der Waals surface area contributed by atoms with Crippen LogP contribution in [0.2, 0.25) is 0 Å². The molecule has 4 aromatic rings. The van der Waals surface area contributed by atoms with Gasteiger partial charge in [0.15, 0.2) is 11.6 Å². The van der Waals surface area contributed by atoms with Crippen LogP contribution in [0.3, 0.4) is 0 Å². The summed E-state index contributed by atoms with van der Waals surface area (Å²) in [4.78, 5) is 11.6. The summed E-state index contributed by atoms with van der Waals surface area (Å²) >= 11 is 0. The minimum Gasteiger partial charge on any atom is -0.331 e. The van der Waals surface area contributed by atoms with Gasteiger partial charge in [-0.25, -0.2) is 4.52 Å². The smallest absolute Gasteiger partial charge is 0.246 e. The number of nitrogens with one attached hydrogen (secondary N) is 2. The number of nitrogens with zero attached hydrogens (tertiary/aromatic N) is 6. The highest BCUT2D eigenvalue weighted by Gasteiger charge is 2.29. The van der Waals surface area contributed by atoms with Gasteiger partial charge in [-0.3, -0.25) is 10.1 Å². The van der Waals surface area contributed by atoms with Crippen LogP contribution >= 0.6 is 0 Å². The van der Waals surface area contributed by atoms with E-state index in [1.54, 1.807) is 0 Å². The fourth-order valence-electron chi connectivity index (χ4n) is 3.63. The van der Waals surface area contributed by atoms with E-state index >= 15 is 0 Å². The van der Waals surface area contributed by atoms with Crippen LogP contribution in [0.15, 0.2) is 48.8 Å². The summed E-state index contributed by atoms with van der Waals surface area (Å²) < 4.78 is 1.86. The molecule has 0 bridgehead atoms. The average molecular weight is 360 g/mol. The van der Waals surface area contributed by atoms with Gasteiger partial charge in [0.05, 0.1) is 11.7 Å². The quantitative estimate of drug-likeness (QED) is 0.581. The van der Waals surface area contributed by atoms with Crippen LogP contribution in [0, 0.1) is 6.92 Å². The van der Waals surface area contributed by atoms with Gasteiger partial charge in [0, 0.05) is 30.7 Å². The number of hydrogen-bond acceptors (Lipinski definition) is 6. The number of aromatic nitrogens is 6. The molecule has 0 unspecified atom stereocenters. The van der Waals surface area contributed by atoms with Crippen molar-refractivity contribution in [2.24, 2.45) is 0 Å². The molecule has 5 rings (SSSR count). The maximum atomic E-state index is 4.84. The fraction of sp³-hybridized carbons (Fsp3) is 0.263. The van der Waals surface area contributed by atoms with E-state index in [0.717, 1.165) is 47.9 Å². The third kappa shape index (κ3) is 2.88. The van der Waals surface area contributed by atoms with Crippen LogP contribution in [0.5, 0.6) is 0 Å². The van der Waals surface area contributed by atoms with E-state index < -0.39 is 0 Å². The summed E-state index contributed by atoms with van der Waals surface area (Å²) in [5.41, 5.74) is 2.96. The summed E-state index contributed by atoms with van der Waals surface area (Å²) in [6.07, 6.45) is 5.92. The van der Waals surface area contributed by atoms with E-state index in [-0.39, 0.29) is 6.04 Å². The van der Waals surface area contributed by atoms with Crippen molar-refractivity contribution in [2.75, 3.05) is 16.8 Å². The molecule has 0 radical (unpaired) electrons. The molecule has 0 spiro atoms. The number of H-pyrrole nitrogens is 1. The predicted molar refractivity (Wildman–Crippen MR) is 103 cm³/mol. The molecule has 1 aliphatic rings. The number of fused-ring (bicyclic) bond motifs is 1. The largest absolute Gasteiger partial charge is 0.331 e. The number of aryl methyl sites for hydroxylation is 1. The minimum atomic E-state index is 0.194. The molecule has 1 atom stereocenters. The Bertz CT molecular complexity index is 1070. The van der Waals surface area contributed by atoms with Gasteiger partial charge in [0.25, 0.3) is 0 Å². The Morgan fingerprint density at radius 1 is 1.22 bits per heavy atom. The first-order valence-electron chi connectivity index (χ1n) is 9.10. The zero-order chi connectivity index (χ0) is 18.2. The Balaban J connectivity index is 1.55. The van der Waals surface area contributed by atoms with Crippen molar-refractivity contribution >= 4 is 23.1 Å². The van der Waals surface area contributed by atoms with Gasteiger partial charge in [0.2, 0.25) is 5.95 Å². The van der Waals surface area contributed by atoms with Gasteiger partial charge in [-0.1, -0.05) is 6.07 Å². The molecule has 2 N–H and O–H groups in total. The van der Waals surface area contributed by atoms with Crippen molar-refractivity contribution in [2.45, 2.75) is 25.8 Å². The molecular formula is C19H20N8. The standard InChI is InChI=1S/C19H20N8/c1-13-12-17(24-23-13)21-18-16-8-5-11-27(16)25-19(22-18)26-10-4-7-15(26)14-6-2-3-9-20-14/h2-3,5-6,8-9,11-12,15H,4,7,10H2,1H3,(H2,21,22,23,24,25)/t15-/m1/s1. The molecule has 0 aliphatic carbocycles. The summed E-state index contributed by atoms with van der Waals surface area (Å²) in [5, 5.41) is 15.3. The second-order valence-electron chi connectivity index (χ2n) is 6.77. The lowest BCUT2D eigenvalue weighted by molar-refractivity contribution is 0.670. The predicted octanol–water partition coefficient (Wildman–Crippen LogP) is 3.24. The third-order valence-corrected chi connectivity index (χ3v) is 4.87. The molecule has 136 valence electrons. The van der Waals surface area contributed by atoms with Crippen LogP contribution in [-0.4, -0.2) is 36.3 Å². The van der Waals surface area contributed by atoms with Crippen molar-refractivity contribution in [3.05, 3.63) is 60.2 Å². The topological polar surface area (TPSA) is 87.0 Å². The van der Waals surface area contributed by atoms with Crippen molar-refractivity contribution in [3.63, 3.8) is 0 Å². The SMILES string of the molecule is Cc1cc(Nc2nc(N3CCC[C@@H]3c3ccccn3)nn3cccc23)n[nH]1. The maximum absolute atomic E-state index is 4.84. The number of pyridine rings is 1. The second-order valence-corrected chi connectivity index (χ2v) is 6.77. The highest BCUT2D eigenvalue weighted by Crippen LogP contribution is 2.34. The molecule has 4 aromatic heterocycles. The summed E-state index contributed by atoms with van der Waals surface area (Å²) in [7, 11) is 0. The van der Waals surface area contributed by atoms with Gasteiger partial charge in [0.1, 0.15) is 5.52 Å². The first-order valence-corrected chi connectivity index (χ1v) is 9.10. The van der Waals surface area contributed by atoms with Crippen LogP contribution in [0.25, 0.3) is 5.52 Å². The monoisotopic (exact) mass is 360 g/mol. The minimum absolute atomic E-state index is 0.194. The zero-order valence-electron chi connectivity index (χ0n) is 15.0. The summed E-state index contributed by atoms with van der Waals surface area (Å²) in [6.45, 7) is 2.88. The van der Waals surface area contributed by atoms with Crippen LogP contribution in [0.4, 0.5) is 17.6 Å². The third-order valence-electron chi connectivity index (χ3n) is 4.87. The first-order chi connectivity index (χ1) is 13.3. The highest BCUT2D eigenvalue weighted by molar-refractivity contribution is 5.73. The van der Waals surface area contributed by atoms with E-state index in [1.807, 2.05) is 54.2 Å². The lowest BCUT2D eigenvalue weighted by Crippen LogP contribution is -2.26. The Morgan fingerprint density at radius 2 is 2.19 bits per heavy atom. The van der Waals surface area contributed by atoms with Crippen LogP contribution in [0.1, 0.15) is 30.3 Å². The van der Waals surface area contributed by atoms with Gasteiger partial charge in [-0.05, 0) is 44.0 Å². The molecule has 0 aromatic carbocycles. The molecular weight excluding hydrogens is 340 g/mol. The van der Waals surface area contributed by atoms with E-state index in [9.17, 15) is 0 Å².